The van der Waals surface area contributed by atoms with Gasteiger partial charge in [-0.3, -0.25) is 0 Å². The molecule has 1 aliphatic carbocycles. The van der Waals surface area contributed by atoms with E-state index in [1.165, 1.54) is 0 Å². The summed E-state index contributed by atoms with van der Waals surface area (Å²) in [7, 11) is 0. The minimum atomic E-state index is -0.141. The first-order valence-corrected chi connectivity index (χ1v) is 7.09. The van der Waals surface area contributed by atoms with Gasteiger partial charge in [0.05, 0.1) is 32.0 Å². The van der Waals surface area contributed by atoms with E-state index < -0.39 is 0 Å². The van der Waals surface area contributed by atoms with E-state index in [2.05, 4.69) is 19.2 Å². The molecule has 0 heterocycles. The highest BCUT2D eigenvalue weighted by Gasteiger charge is 2.39. The van der Waals surface area contributed by atoms with Crippen LogP contribution in [0, 0.1) is 0 Å². The van der Waals surface area contributed by atoms with Gasteiger partial charge < -0.3 is 19.9 Å². The maximum atomic E-state index is 9.58. The molecule has 0 bridgehead atoms. The van der Waals surface area contributed by atoms with E-state index in [0.29, 0.717) is 19.3 Å². The molecule has 1 saturated carbocycles. The van der Waals surface area contributed by atoms with Gasteiger partial charge >= 0.3 is 0 Å². The van der Waals surface area contributed by atoms with Crippen LogP contribution >= 0.6 is 0 Å². The highest BCUT2D eigenvalue weighted by Crippen LogP contribution is 2.32. The first-order valence-electron chi connectivity index (χ1n) is 7.09. The van der Waals surface area contributed by atoms with Gasteiger partial charge in [-0.25, -0.2) is 0 Å². The molecular weight excluding hydrogens is 230 g/mol. The Hall–Kier alpha value is -0.160. The Bertz CT molecular complexity index is 233. The van der Waals surface area contributed by atoms with Crippen molar-refractivity contribution in [3.8, 4) is 0 Å². The summed E-state index contributed by atoms with van der Waals surface area (Å²) in [4.78, 5) is 0. The number of aliphatic hydroxyl groups is 1. The van der Waals surface area contributed by atoms with Crippen molar-refractivity contribution in [1.82, 2.24) is 5.32 Å². The highest BCUT2D eigenvalue weighted by atomic mass is 16.5. The lowest BCUT2D eigenvalue weighted by atomic mass is 9.97. The maximum absolute atomic E-state index is 9.58. The molecule has 108 valence electrons. The van der Waals surface area contributed by atoms with Crippen molar-refractivity contribution in [2.24, 2.45) is 0 Å². The molecule has 0 spiro atoms. The Morgan fingerprint density at radius 1 is 1.28 bits per heavy atom. The van der Waals surface area contributed by atoms with E-state index in [1.54, 1.807) is 0 Å². The zero-order chi connectivity index (χ0) is 13.6. The van der Waals surface area contributed by atoms with Gasteiger partial charge in [0.25, 0.3) is 0 Å². The molecule has 0 aromatic carbocycles. The quantitative estimate of drug-likeness (QED) is 0.652. The molecule has 0 aromatic heterocycles. The number of rotatable bonds is 8. The summed E-state index contributed by atoms with van der Waals surface area (Å²) in [5, 5.41) is 13.1. The third-order valence-electron chi connectivity index (χ3n) is 3.35. The van der Waals surface area contributed by atoms with Crippen molar-refractivity contribution >= 4 is 0 Å². The molecule has 2 unspecified atom stereocenters. The van der Waals surface area contributed by atoms with E-state index in [0.717, 1.165) is 19.3 Å². The number of nitrogens with one attached hydrogen (secondary N) is 1. The fraction of sp³-hybridized carbons (Fsp3) is 1.00. The van der Waals surface area contributed by atoms with Crippen molar-refractivity contribution in [2.75, 3.05) is 19.8 Å². The van der Waals surface area contributed by atoms with E-state index >= 15 is 0 Å². The normalized spacial score (nSPS) is 28.5. The van der Waals surface area contributed by atoms with Crippen molar-refractivity contribution in [3.63, 3.8) is 0 Å². The molecule has 0 aliphatic heterocycles. The average molecular weight is 259 g/mol. The van der Waals surface area contributed by atoms with Gasteiger partial charge in [-0.1, -0.05) is 13.8 Å². The van der Waals surface area contributed by atoms with Crippen LogP contribution in [-0.2, 0) is 9.47 Å². The van der Waals surface area contributed by atoms with Gasteiger partial charge in [0, 0.05) is 11.6 Å². The van der Waals surface area contributed by atoms with Crippen LogP contribution in [0.25, 0.3) is 0 Å². The van der Waals surface area contributed by atoms with Crippen LogP contribution in [-0.4, -0.2) is 48.7 Å². The van der Waals surface area contributed by atoms with Crippen LogP contribution in [0.2, 0.25) is 0 Å². The Balaban J connectivity index is 2.26. The van der Waals surface area contributed by atoms with E-state index in [4.69, 9.17) is 9.47 Å². The lowest BCUT2D eigenvalue weighted by Gasteiger charge is -2.31. The first kappa shape index (κ1) is 15.9. The van der Waals surface area contributed by atoms with Crippen molar-refractivity contribution in [1.29, 1.82) is 0 Å². The Morgan fingerprint density at radius 3 is 2.56 bits per heavy atom. The number of hydrogen-bond donors (Lipinski definition) is 2. The average Bonchev–Trinajstić information content (AvgIpc) is 2.68. The Labute approximate surface area is 111 Å². The second kappa shape index (κ2) is 7.43. The minimum Gasteiger partial charge on any atom is -0.394 e. The molecule has 4 heteroatoms. The molecule has 4 nitrogen and oxygen atoms in total. The Morgan fingerprint density at radius 2 is 2.00 bits per heavy atom. The number of ether oxygens (including phenoxy) is 2. The molecule has 0 saturated heterocycles. The zero-order valence-electron chi connectivity index (χ0n) is 12.2. The molecular formula is C14H29NO3. The lowest BCUT2D eigenvalue weighted by molar-refractivity contribution is -0.0139. The number of aliphatic hydroxyl groups excluding tert-OH is 1. The topological polar surface area (TPSA) is 50.7 Å². The largest absolute Gasteiger partial charge is 0.394 e. The van der Waals surface area contributed by atoms with E-state index in [1.807, 2.05) is 13.8 Å². The van der Waals surface area contributed by atoms with Crippen LogP contribution in [0.5, 0.6) is 0 Å². The van der Waals surface area contributed by atoms with Crippen molar-refractivity contribution < 1.29 is 14.6 Å². The molecule has 1 fully saturated rings. The first-order chi connectivity index (χ1) is 8.47. The fourth-order valence-corrected chi connectivity index (χ4v) is 2.65. The SMILES string of the molecule is CC(C)NC1(CO)CCC(OCCOC(C)C)C1. The van der Waals surface area contributed by atoms with Crippen LogP contribution < -0.4 is 5.32 Å². The molecule has 2 N–H and O–H groups in total. The van der Waals surface area contributed by atoms with Crippen molar-refractivity contribution in [2.45, 2.75) is 70.7 Å². The second-order valence-corrected chi connectivity index (χ2v) is 5.89. The van der Waals surface area contributed by atoms with E-state index in [9.17, 15) is 5.11 Å². The van der Waals surface area contributed by atoms with Crippen LogP contribution in [0.3, 0.4) is 0 Å². The molecule has 0 amide bonds. The summed E-state index contributed by atoms with van der Waals surface area (Å²) in [6.45, 7) is 9.76. The summed E-state index contributed by atoms with van der Waals surface area (Å²) in [6, 6.07) is 0.389. The summed E-state index contributed by atoms with van der Waals surface area (Å²) in [5.41, 5.74) is -0.141. The van der Waals surface area contributed by atoms with Gasteiger partial charge in [-0.15, -0.1) is 0 Å². The zero-order valence-corrected chi connectivity index (χ0v) is 12.2. The molecule has 0 radical (unpaired) electrons. The van der Waals surface area contributed by atoms with Gasteiger partial charge in [-0.05, 0) is 33.1 Å². The second-order valence-electron chi connectivity index (χ2n) is 5.89. The third kappa shape index (κ3) is 5.22. The van der Waals surface area contributed by atoms with E-state index in [-0.39, 0.29) is 24.4 Å². The molecule has 1 rings (SSSR count). The van der Waals surface area contributed by atoms with Gasteiger partial charge in [0.1, 0.15) is 0 Å². The molecule has 18 heavy (non-hydrogen) atoms. The standard InChI is InChI=1S/C14H29NO3/c1-11(2)15-14(10-16)6-5-13(9-14)18-8-7-17-12(3)4/h11-13,15-16H,5-10H2,1-4H3. The number of hydrogen-bond acceptors (Lipinski definition) is 4. The van der Waals surface area contributed by atoms with Gasteiger partial charge in [0.2, 0.25) is 0 Å². The maximum Gasteiger partial charge on any atom is 0.0704 e. The summed E-state index contributed by atoms with van der Waals surface area (Å²) in [5.74, 6) is 0. The predicted molar refractivity (Wildman–Crippen MR) is 72.8 cm³/mol. The molecule has 2 atom stereocenters. The van der Waals surface area contributed by atoms with Crippen LogP contribution in [0.4, 0.5) is 0 Å². The fourth-order valence-electron chi connectivity index (χ4n) is 2.65. The smallest absolute Gasteiger partial charge is 0.0704 e. The molecule has 1 aliphatic rings. The van der Waals surface area contributed by atoms with Crippen molar-refractivity contribution in [3.05, 3.63) is 0 Å². The third-order valence-corrected chi connectivity index (χ3v) is 3.35. The monoisotopic (exact) mass is 259 g/mol. The summed E-state index contributed by atoms with van der Waals surface area (Å²) >= 11 is 0. The summed E-state index contributed by atoms with van der Waals surface area (Å²) < 4.78 is 11.3. The predicted octanol–water partition coefficient (Wildman–Crippen LogP) is 1.71. The van der Waals surface area contributed by atoms with Crippen LogP contribution in [0.1, 0.15) is 47.0 Å². The minimum absolute atomic E-state index is 0.141. The Kier molecular flexibility index (Phi) is 6.57. The lowest BCUT2D eigenvalue weighted by Crippen LogP contribution is -2.50. The van der Waals surface area contributed by atoms with Crippen LogP contribution in [0.15, 0.2) is 0 Å². The highest BCUT2D eigenvalue weighted by molar-refractivity contribution is 4.97. The van der Waals surface area contributed by atoms with Gasteiger partial charge in [0.15, 0.2) is 0 Å². The van der Waals surface area contributed by atoms with Gasteiger partial charge in [-0.2, -0.15) is 0 Å². The molecule has 0 aromatic rings. The summed E-state index contributed by atoms with van der Waals surface area (Å²) in [6.07, 6.45) is 3.40.